The molecule has 0 amide bonds. The van der Waals surface area contributed by atoms with Crippen LogP contribution in [0.2, 0.25) is 0 Å². The van der Waals surface area contributed by atoms with Gasteiger partial charge in [0.1, 0.15) is 5.75 Å². The molecule has 2 N–H and O–H groups in total. The fourth-order valence-electron chi connectivity index (χ4n) is 4.41. The number of nitrogens with zero attached hydrogens (tertiary/aromatic N) is 1. The van der Waals surface area contributed by atoms with Crippen LogP contribution >= 0.6 is 0 Å². The summed E-state index contributed by atoms with van der Waals surface area (Å²) in [6.07, 6.45) is 4.27. The van der Waals surface area contributed by atoms with Gasteiger partial charge in [0.05, 0.1) is 12.8 Å². The normalized spacial score (nSPS) is 18.0. The fourth-order valence-corrected chi connectivity index (χ4v) is 4.41. The largest absolute Gasteiger partial charge is 0.497 e. The molecule has 33 heavy (non-hydrogen) atoms. The third-order valence-electron chi connectivity index (χ3n) is 6.32. The van der Waals surface area contributed by atoms with Gasteiger partial charge in [0.15, 0.2) is 12.4 Å². The van der Waals surface area contributed by atoms with E-state index >= 15 is 0 Å². The predicted molar refractivity (Wildman–Crippen MR) is 124 cm³/mol. The minimum Gasteiger partial charge on any atom is -0.497 e. The molecule has 4 rings (SSSR count). The number of hydrogen-bond donors (Lipinski definition) is 2. The van der Waals surface area contributed by atoms with Crippen LogP contribution in [-0.4, -0.2) is 40.8 Å². The van der Waals surface area contributed by atoms with Crippen LogP contribution in [0, 0.1) is 5.92 Å². The SMILES string of the molecule is COc1ccc(C(=O)COc2cc(-c3ccc(C4CCC(CC(=O)O)CC4)cc3)[nH]n2)cc1. The minimum atomic E-state index is -0.698. The quantitative estimate of drug-likeness (QED) is 0.442. The van der Waals surface area contributed by atoms with Gasteiger partial charge in [-0.2, -0.15) is 0 Å². The first-order chi connectivity index (χ1) is 16.0. The highest BCUT2D eigenvalue weighted by Crippen LogP contribution is 2.37. The second-order valence-corrected chi connectivity index (χ2v) is 8.50. The fraction of sp³-hybridized carbons (Fsp3) is 0.346. The standard InChI is InChI=1S/C26H28N2O5/c1-32-22-12-10-21(11-13-22)24(29)16-33-25-15-23(27-28-25)20-8-6-19(7-9-20)18-4-2-17(3-5-18)14-26(30)31/h6-13,15,17-18H,2-5,14,16H2,1H3,(H,27,28)(H,30,31). The maximum atomic E-state index is 12.3. The first-order valence-electron chi connectivity index (χ1n) is 11.2. The predicted octanol–water partition coefficient (Wildman–Crippen LogP) is 5.10. The first kappa shape index (κ1) is 22.6. The lowest BCUT2D eigenvalue weighted by atomic mass is 9.77. The summed E-state index contributed by atoms with van der Waals surface area (Å²) >= 11 is 0. The highest BCUT2D eigenvalue weighted by molar-refractivity contribution is 5.97. The van der Waals surface area contributed by atoms with Crippen molar-refractivity contribution in [3.63, 3.8) is 0 Å². The number of methoxy groups -OCH3 is 1. The molecule has 1 aliphatic rings. The maximum absolute atomic E-state index is 12.3. The number of ketones is 1. The number of aromatic nitrogens is 2. The number of ether oxygens (including phenoxy) is 2. The molecule has 1 aliphatic carbocycles. The molecule has 172 valence electrons. The maximum Gasteiger partial charge on any atom is 0.303 e. The van der Waals surface area contributed by atoms with E-state index in [-0.39, 0.29) is 18.8 Å². The summed E-state index contributed by atoms with van der Waals surface area (Å²) in [5, 5.41) is 16.1. The van der Waals surface area contributed by atoms with Crippen molar-refractivity contribution < 1.29 is 24.2 Å². The highest BCUT2D eigenvalue weighted by atomic mass is 16.5. The Kier molecular flexibility index (Phi) is 7.07. The van der Waals surface area contributed by atoms with Crippen molar-refractivity contribution in [3.05, 3.63) is 65.7 Å². The number of carbonyl (C=O) groups excluding carboxylic acids is 1. The van der Waals surface area contributed by atoms with Gasteiger partial charge in [-0.25, -0.2) is 0 Å². The number of nitrogens with one attached hydrogen (secondary N) is 1. The van der Waals surface area contributed by atoms with E-state index in [0.29, 0.717) is 29.0 Å². The summed E-state index contributed by atoms with van der Waals surface area (Å²) in [5.41, 5.74) is 3.65. The number of rotatable bonds is 9. The van der Waals surface area contributed by atoms with E-state index in [0.717, 1.165) is 36.9 Å². The van der Waals surface area contributed by atoms with Crippen molar-refractivity contribution in [2.75, 3.05) is 13.7 Å². The Morgan fingerprint density at radius 1 is 1.03 bits per heavy atom. The van der Waals surface area contributed by atoms with Gasteiger partial charge in [0.2, 0.25) is 5.88 Å². The molecule has 7 heteroatoms. The summed E-state index contributed by atoms with van der Waals surface area (Å²) in [6, 6.07) is 17.1. The zero-order chi connectivity index (χ0) is 23.2. The highest BCUT2D eigenvalue weighted by Gasteiger charge is 2.24. The third-order valence-corrected chi connectivity index (χ3v) is 6.32. The zero-order valence-corrected chi connectivity index (χ0v) is 18.6. The molecular formula is C26H28N2O5. The van der Waals surface area contributed by atoms with E-state index in [1.807, 2.05) is 0 Å². The van der Waals surface area contributed by atoms with E-state index in [1.54, 1.807) is 37.4 Å². The van der Waals surface area contributed by atoms with Crippen LogP contribution in [0.3, 0.4) is 0 Å². The van der Waals surface area contributed by atoms with Gasteiger partial charge >= 0.3 is 5.97 Å². The van der Waals surface area contributed by atoms with E-state index in [2.05, 4.69) is 34.5 Å². The Morgan fingerprint density at radius 2 is 1.73 bits per heavy atom. The summed E-state index contributed by atoms with van der Waals surface area (Å²) < 4.78 is 10.7. The molecule has 0 aliphatic heterocycles. The minimum absolute atomic E-state index is 0.0971. The van der Waals surface area contributed by atoms with Crippen LogP contribution in [0.4, 0.5) is 0 Å². The number of carboxylic acids is 1. The molecule has 1 heterocycles. The summed E-state index contributed by atoms with van der Waals surface area (Å²) in [7, 11) is 1.58. The van der Waals surface area contributed by atoms with Crippen LogP contribution in [0.5, 0.6) is 11.6 Å². The summed E-state index contributed by atoms with van der Waals surface area (Å²) in [6.45, 7) is -0.0971. The van der Waals surface area contributed by atoms with E-state index in [9.17, 15) is 9.59 Å². The van der Waals surface area contributed by atoms with Gasteiger partial charge < -0.3 is 14.6 Å². The number of benzene rings is 2. The first-order valence-corrected chi connectivity index (χ1v) is 11.2. The molecule has 0 radical (unpaired) electrons. The van der Waals surface area contributed by atoms with Gasteiger partial charge in [-0.15, -0.1) is 5.10 Å². The van der Waals surface area contributed by atoms with Gasteiger partial charge in [-0.3, -0.25) is 14.7 Å². The van der Waals surface area contributed by atoms with Crippen molar-refractivity contribution in [2.24, 2.45) is 5.92 Å². The van der Waals surface area contributed by atoms with Crippen LogP contribution in [0.1, 0.15) is 53.9 Å². The van der Waals surface area contributed by atoms with Crippen molar-refractivity contribution >= 4 is 11.8 Å². The molecule has 1 aromatic heterocycles. The summed E-state index contributed by atoms with van der Waals surface area (Å²) in [5.74, 6) is 1.01. The second kappa shape index (κ2) is 10.3. The molecule has 2 aromatic carbocycles. The second-order valence-electron chi connectivity index (χ2n) is 8.50. The van der Waals surface area contributed by atoms with E-state index < -0.39 is 5.97 Å². The van der Waals surface area contributed by atoms with Crippen molar-refractivity contribution in [1.29, 1.82) is 0 Å². The van der Waals surface area contributed by atoms with Crippen molar-refractivity contribution in [2.45, 2.75) is 38.0 Å². The lowest BCUT2D eigenvalue weighted by molar-refractivity contribution is -0.138. The lowest BCUT2D eigenvalue weighted by Crippen LogP contribution is -2.16. The third kappa shape index (κ3) is 5.80. The van der Waals surface area contributed by atoms with Crippen molar-refractivity contribution in [1.82, 2.24) is 10.2 Å². The molecule has 1 saturated carbocycles. The average molecular weight is 449 g/mol. The van der Waals surface area contributed by atoms with E-state index in [4.69, 9.17) is 14.6 Å². The molecule has 0 atom stereocenters. The number of aromatic amines is 1. The van der Waals surface area contributed by atoms with Crippen LogP contribution in [-0.2, 0) is 4.79 Å². The molecule has 7 nitrogen and oxygen atoms in total. The Labute approximate surface area is 192 Å². The Morgan fingerprint density at radius 3 is 2.36 bits per heavy atom. The molecule has 0 unspecified atom stereocenters. The average Bonchev–Trinajstić information content (AvgIpc) is 3.32. The topological polar surface area (TPSA) is 102 Å². The van der Waals surface area contributed by atoms with Gasteiger partial charge in [0, 0.05) is 18.1 Å². The smallest absolute Gasteiger partial charge is 0.303 e. The molecule has 0 spiro atoms. The van der Waals surface area contributed by atoms with E-state index in [1.165, 1.54) is 5.56 Å². The van der Waals surface area contributed by atoms with Crippen LogP contribution < -0.4 is 9.47 Å². The number of Topliss-reactive ketones (excluding diaryl/α,β-unsaturated/α-hetero) is 1. The van der Waals surface area contributed by atoms with Gasteiger partial charge in [-0.05, 0) is 72.9 Å². The Balaban J connectivity index is 1.31. The molecule has 0 bridgehead atoms. The number of carbonyl (C=O) groups is 2. The monoisotopic (exact) mass is 448 g/mol. The van der Waals surface area contributed by atoms with Crippen molar-refractivity contribution in [3.8, 4) is 22.9 Å². The Bertz CT molecular complexity index is 1080. The number of carboxylic acid groups (broad SMARTS) is 1. The number of aliphatic carboxylic acids is 1. The molecule has 0 saturated heterocycles. The van der Waals surface area contributed by atoms with Crippen LogP contribution in [0.15, 0.2) is 54.6 Å². The van der Waals surface area contributed by atoms with Gasteiger partial charge in [0.25, 0.3) is 0 Å². The Hall–Kier alpha value is -3.61. The number of H-pyrrole nitrogens is 1. The number of hydrogen-bond acceptors (Lipinski definition) is 5. The molecule has 3 aromatic rings. The molecule has 1 fully saturated rings. The van der Waals surface area contributed by atoms with Gasteiger partial charge in [-0.1, -0.05) is 24.3 Å². The molecular weight excluding hydrogens is 420 g/mol. The zero-order valence-electron chi connectivity index (χ0n) is 18.6. The lowest BCUT2D eigenvalue weighted by Gasteiger charge is -2.28. The summed E-state index contributed by atoms with van der Waals surface area (Å²) in [4.78, 5) is 23.2. The van der Waals surface area contributed by atoms with Crippen LogP contribution in [0.25, 0.3) is 11.3 Å².